The Labute approximate surface area is 113 Å². The van der Waals surface area contributed by atoms with Gasteiger partial charge in [-0.15, -0.1) is 0 Å². The SMILES string of the molecule is CCC(C)Oc1cccc(Nc2nc(C)[nH]c2N)c1. The molecule has 1 atom stereocenters. The van der Waals surface area contributed by atoms with Gasteiger partial charge in [0.1, 0.15) is 17.4 Å². The van der Waals surface area contributed by atoms with Crippen molar-refractivity contribution in [2.24, 2.45) is 0 Å². The first-order chi connectivity index (χ1) is 9.08. The van der Waals surface area contributed by atoms with Gasteiger partial charge in [-0.3, -0.25) is 0 Å². The molecule has 0 aliphatic carbocycles. The minimum Gasteiger partial charge on any atom is -0.491 e. The highest BCUT2D eigenvalue weighted by atomic mass is 16.5. The van der Waals surface area contributed by atoms with Crippen LogP contribution in [0.3, 0.4) is 0 Å². The van der Waals surface area contributed by atoms with Crippen LogP contribution in [0.25, 0.3) is 0 Å². The highest BCUT2D eigenvalue weighted by Gasteiger charge is 2.06. The third-order valence-corrected chi connectivity index (χ3v) is 2.86. The summed E-state index contributed by atoms with van der Waals surface area (Å²) in [5, 5.41) is 3.18. The molecule has 1 heterocycles. The Morgan fingerprint density at radius 3 is 2.89 bits per heavy atom. The van der Waals surface area contributed by atoms with E-state index in [4.69, 9.17) is 10.5 Å². The normalized spacial score (nSPS) is 12.2. The molecule has 0 bridgehead atoms. The largest absolute Gasteiger partial charge is 0.491 e. The molecule has 2 rings (SSSR count). The van der Waals surface area contributed by atoms with Gasteiger partial charge < -0.3 is 20.8 Å². The van der Waals surface area contributed by atoms with Crippen LogP contribution in [0.1, 0.15) is 26.1 Å². The average molecular weight is 260 g/mol. The van der Waals surface area contributed by atoms with E-state index in [9.17, 15) is 0 Å². The number of hydrogen-bond acceptors (Lipinski definition) is 4. The predicted molar refractivity (Wildman–Crippen MR) is 77.8 cm³/mol. The van der Waals surface area contributed by atoms with Crippen LogP contribution in [0, 0.1) is 6.92 Å². The molecule has 0 saturated heterocycles. The van der Waals surface area contributed by atoms with Crippen LogP contribution < -0.4 is 15.8 Å². The smallest absolute Gasteiger partial charge is 0.173 e. The summed E-state index contributed by atoms with van der Waals surface area (Å²) in [6, 6.07) is 7.77. The first-order valence-corrected chi connectivity index (χ1v) is 6.44. The summed E-state index contributed by atoms with van der Waals surface area (Å²) in [6.07, 6.45) is 1.18. The molecule has 19 heavy (non-hydrogen) atoms. The molecule has 1 aromatic heterocycles. The molecule has 102 valence electrons. The number of nitrogen functional groups attached to an aromatic ring is 1. The van der Waals surface area contributed by atoms with Gasteiger partial charge in [-0.2, -0.15) is 0 Å². The molecule has 0 radical (unpaired) electrons. The zero-order valence-corrected chi connectivity index (χ0v) is 11.5. The van der Waals surface area contributed by atoms with Crippen LogP contribution in [0.15, 0.2) is 24.3 Å². The fraction of sp³-hybridized carbons (Fsp3) is 0.357. The Hall–Kier alpha value is -2.17. The number of aromatic nitrogens is 2. The Morgan fingerprint density at radius 2 is 2.26 bits per heavy atom. The zero-order valence-electron chi connectivity index (χ0n) is 11.5. The van der Waals surface area contributed by atoms with Gasteiger partial charge in [-0.05, 0) is 32.4 Å². The number of nitrogens with zero attached hydrogens (tertiary/aromatic N) is 1. The summed E-state index contributed by atoms with van der Waals surface area (Å²) in [5.74, 6) is 2.79. The van der Waals surface area contributed by atoms with E-state index in [2.05, 4.69) is 29.1 Å². The van der Waals surface area contributed by atoms with Gasteiger partial charge in [-0.25, -0.2) is 4.98 Å². The van der Waals surface area contributed by atoms with Gasteiger partial charge in [0.2, 0.25) is 0 Å². The van der Waals surface area contributed by atoms with Crippen LogP contribution in [0.5, 0.6) is 5.75 Å². The maximum Gasteiger partial charge on any atom is 0.173 e. The Morgan fingerprint density at radius 1 is 1.47 bits per heavy atom. The number of aromatic amines is 1. The van der Waals surface area contributed by atoms with Gasteiger partial charge in [0.15, 0.2) is 5.82 Å². The lowest BCUT2D eigenvalue weighted by molar-refractivity contribution is 0.217. The van der Waals surface area contributed by atoms with Crippen LogP contribution >= 0.6 is 0 Å². The Kier molecular flexibility index (Phi) is 3.94. The Bertz CT molecular complexity index is 550. The van der Waals surface area contributed by atoms with E-state index in [1.54, 1.807) is 0 Å². The first kappa shape index (κ1) is 13.3. The van der Waals surface area contributed by atoms with Gasteiger partial charge in [0, 0.05) is 11.8 Å². The number of anilines is 3. The van der Waals surface area contributed by atoms with Crippen molar-refractivity contribution in [2.45, 2.75) is 33.3 Å². The summed E-state index contributed by atoms with van der Waals surface area (Å²) < 4.78 is 5.78. The van der Waals surface area contributed by atoms with Crippen molar-refractivity contribution in [3.05, 3.63) is 30.1 Å². The third-order valence-electron chi connectivity index (χ3n) is 2.86. The molecule has 0 fully saturated rings. The van der Waals surface area contributed by atoms with Gasteiger partial charge in [0.05, 0.1) is 6.10 Å². The van der Waals surface area contributed by atoms with Crippen LogP contribution in [0.4, 0.5) is 17.3 Å². The maximum absolute atomic E-state index is 5.82. The van der Waals surface area contributed by atoms with Gasteiger partial charge >= 0.3 is 0 Å². The van der Waals surface area contributed by atoms with E-state index >= 15 is 0 Å². The van der Waals surface area contributed by atoms with E-state index in [0.717, 1.165) is 23.7 Å². The van der Waals surface area contributed by atoms with Crippen molar-refractivity contribution in [3.63, 3.8) is 0 Å². The summed E-state index contributed by atoms with van der Waals surface area (Å²) >= 11 is 0. The fourth-order valence-electron chi connectivity index (χ4n) is 1.70. The minimum absolute atomic E-state index is 0.202. The third kappa shape index (κ3) is 3.40. The molecule has 1 unspecified atom stereocenters. The second-order valence-corrected chi connectivity index (χ2v) is 4.57. The second kappa shape index (κ2) is 5.65. The number of aryl methyl sites for hydroxylation is 1. The standard InChI is InChI=1S/C14H20N4O/c1-4-9(2)19-12-7-5-6-11(8-12)18-14-13(15)16-10(3)17-14/h5-9,18H,4,15H2,1-3H3,(H,16,17). The lowest BCUT2D eigenvalue weighted by atomic mass is 10.2. The molecular formula is C14H20N4O. The number of nitrogens with two attached hydrogens (primary N) is 1. The van der Waals surface area contributed by atoms with Crippen LogP contribution in [-0.2, 0) is 0 Å². The number of hydrogen-bond donors (Lipinski definition) is 3. The first-order valence-electron chi connectivity index (χ1n) is 6.44. The van der Waals surface area contributed by atoms with Crippen molar-refractivity contribution in [1.29, 1.82) is 0 Å². The monoisotopic (exact) mass is 260 g/mol. The van der Waals surface area contributed by atoms with Gasteiger partial charge in [-0.1, -0.05) is 13.0 Å². The minimum atomic E-state index is 0.202. The molecule has 5 nitrogen and oxygen atoms in total. The molecule has 0 aliphatic rings. The second-order valence-electron chi connectivity index (χ2n) is 4.57. The highest BCUT2D eigenvalue weighted by molar-refractivity contribution is 5.67. The van der Waals surface area contributed by atoms with Crippen LogP contribution in [-0.4, -0.2) is 16.1 Å². The Balaban J connectivity index is 2.13. The summed E-state index contributed by atoms with van der Waals surface area (Å²) in [6.45, 7) is 6.01. The number of imidazole rings is 1. The quantitative estimate of drug-likeness (QED) is 0.771. The molecule has 0 saturated carbocycles. The summed E-state index contributed by atoms with van der Waals surface area (Å²) in [7, 11) is 0. The van der Waals surface area contributed by atoms with Crippen molar-refractivity contribution in [3.8, 4) is 5.75 Å². The number of H-pyrrole nitrogens is 1. The fourth-order valence-corrected chi connectivity index (χ4v) is 1.70. The lowest BCUT2D eigenvalue weighted by Crippen LogP contribution is -2.09. The van der Waals surface area contributed by atoms with E-state index < -0.39 is 0 Å². The van der Waals surface area contributed by atoms with Gasteiger partial charge in [0.25, 0.3) is 0 Å². The van der Waals surface area contributed by atoms with Crippen LogP contribution in [0.2, 0.25) is 0 Å². The molecular weight excluding hydrogens is 240 g/mol. The topological polar surface area (TPSA) is 76.0 Å². The highest BCUT2D eigenvalue weighted by Crippen LogP contribution is 2.24. The number of rotatable bonds is 5. The molecule has 1 aromatic carbocycles. The molecule has 5 heteroatoms. The van der Waals surface area contributed by atoms with Crippen molar-refractivity contribution >= 4 is 17.3 Å². The predicted octanol–water partition coefficient (Wildman–Crippen LogP) is 3.22. The van der Waals surface area contributed by atoms with Crippen molar-refractivity contribution < 1.29 is 4.74 Å². The van der Waals surface area contributed by atoms with E-state index in [-0.39, 0.29) is 6.10 Å². The zero-order chi connectivity index (χ0) is 13.8. The molecule has 4 N–H and O–H groups in total. The summed E-state index contributed by atoms with van der Waals surface area (Å²) in [5.41, 5.74) is 6.72. The number of ether oxygens (including phenoxy) is 1. The molecule has 0 aliphatic heterocycles. The van der Waals surface area contributed by atoms with Crippen molar-refractivity contribution in [1.82, 2.24) is 9.97 Å². The molecule has 2 aromatic rings. The maximum atomic E-state index is 5.82. The summed E-state index contributed by atoms with van der Waals surface area (Å²) in [4.78, 5) is 7.24. The molecule has 0 spiro atoms. The number of nitrogens with one attached hydrogen (secondary N) is 2. The average Bonchev–Trinajstić information content (AvgIpc) is 2.68. The van der Waals surface area contributed by atoms with Crippen molar-refractivity contribution in [2.75, 3.05) is 11.1 Å². The van der Waals surface area contributed by atoms with E-state index in [1.807, 2.05) is 31.2 Å². The lowest BCUT2D eigenvalue weighted by Gasteiger charge is -2.13. The number of benzene rings is 1. The van der Waals surface area contributed by atoms with E-state index in [1.165, 1.54) is 0 Å². The molecule has 0 amide bonds. The van der Waals surface area contributed by atoms with E-state index in [0.29, 0.717) is 11.6 Å².